The van der Waals surface area contributed by atoms with Crippen LogP contribution in [0.15, 0.2) is 0 Å². The van der Waals surface area contributed by atoms with E-state index in [4.69, 9.17) is 0 Å². The van der Waals surface area contributed by atoms with Crippen LogP contribution in [0.5, 0.6) is 0 Å². The van der Waals surface area contributed by atoms with Crippen molar-refractivity contribution < 1.29 is 13.0 Å². The highest BCUT2D eigenvalue weighted by Crippen LogP contribution is 2.26. The molecule has 0 bridgehead atoms. The Hall–Kier alpha value is -0.130. The molecule has 0 radical (unpaired) electrons. The summed E-state index contributed by atoms with van der Waals surface area (Å²) >= 11 is 0. The average Bonchev–Trinajstić information content (AvgIpc) is 2.23. The zero-order valence-corrected chi connectivity index (χ0v) is 12.7. The van der Waals surface area contributed by atoms with Gasteiger partial charge in [0.15, 0.2) is 0 Å². The fourth-order valence-electron chi connectivity index (χ4n) is 2.68. The summed E-state index contributed by atoms with van der Waals surface area (Å²) in [4.78, 5) is 0. The minimum absolute atomic E-state index is 0.0998. The fraction of sp³-hybridized carbons (Fsp3) is 1.00. The minimum Gasteiger partial charge on any atom is -0.296 e. The topological polar surface area (TPSA) is 66.4 Å². The van der Waals surface area contributed by atoms with Crippen LogP contribution >= 0.6 is 0 Å². The molecule has 0 heterocycles. The summed E-state index contributed by atoms with van der Waals surface area (Å²) in [6.07, 6.45) is 4.35. The van der Waals surface area contributed by atoms with Crippen LogP contribution in [0, 0.1) is 17.8 Å². The van der Waals surface area contributed by atoms with Gasteiger partial charge in [0.2, 0.25) is 0 Å². The summed E-state index contributed by atoms with van der Waals surface area (Å²) < 4.78 is 32.5. The highest BCUT2D eigenvalue weighted by Gasteiger charge is 2.33. The lowest BCUT2D eigenvalue weighted by molar-refractivity contribution is 0.254. The molecule has 0 amide bonds. The first-order valence-electron chi connectivity index (χ1n) is 6.94. The molecule has 1 aliphatic rings. The Morgan fingerprint density at radius 1 is 1.22 bits per heavy atom. The summed E-state index contributed by atoms with van der Waals surface area (Å²) in [5.74, 6) is 0.746. The van der Waals surface area contributed by atoms with E-state index < -0.39 is 15.5 Å². The molecule has 0 spiro atoms. The van der Waals surface area contributed by atoms with E-state index in [9.17, 15) is 13.0 Å². The first-order chi connectivity index (χ1) is 8.21. The zero-order valence-electron chi connectivity index (χ0n) is 11.9. The highest BCUT2D eigenvalue weighted by molar-refractivity contribution is 7.86. The van der Waals surface area contributed by atoms with Gasteiger partial charge in [-0.1, -0.05) is 40.5 Å². The quantitative estimate of drug-likeness (QED) is 0.758. The molecule has 1 fully saturated rings. The van der Waals surface area contributed by atoms with Crippen LogP contribution in [-0.2, 0) is 10.1 Å². The predicted molar refractivity (Wildman–Crippen MR) is 73.9 cm³/mol. The van der Waals surface area contributed by atoms with Crippen LogP contribution in [0.25, 0.3) is 0 Å². The Morgan fingerprint density at radius 3 is 2.28 bits per heavy atom. The van der Waals surface area contributed by atoms with Gasteiger partial charge >= 0.3 is 0 Å². The number of nitrogens with one attached hydrogen (secondary N) is 1. The van der Waals surface area contributed by atoms with E-state index in [0.29, 0.717) is 5.92 Å². The van der Waals surface area contributed by atoms with Crippen LogP contribution in [0.1, 0.15) is 53.4 Å². The van der Waals surface area contributed by atoms with Gasteiger partial charge in [-0.3, -0.25) is 9.87 Å². The highest BCUT2D eigenvalue weighted by atomic mass is 32.2. The molecule has 1 aliphatic carbocycles. The second kappa shape index (κ2) is 6.35. The predicted octanol–water partition coefficient (Wildman–Crippen LogP) is 2.66. The van der Waals surface area contributed by atoms with Crippen molar-refractivity contribution in [2.24, 2.45) is 17.8 Å². The molecule has 4 unspecified atom stereocenters. The van der Waals surface area contributed by atoms with Gasteiger partial charge in [-0.15, -0.1) is 0 Å². The van der Waals surface area contributed by atoms with Gasteiger partial charge in [0, 0.05) is 6.04 Å². The van der Waals surface area contributed by atoms with E-state index >= 15 is 0 Å². The first kappa shape index (κ1) is 15.9. The SMILES string of the molecule is CC1CCCC(NC(C(C)C(C)C)S(=O)(=O)O)C1. The second-order valence-electron chi connectivity index (χ2n) is 6.17. The normalized spacial score (nSPS) is 29.2. The van der Waals surface area contributed by atoms with Crippen molar-refractivity contribution in [2.45, 2.75) is 64.8 Å². The molecule has 5 heteroatoms. The van der Waals surface area contributed by atoms with E-state index in [1.807, 2.05) is 20.8 Å². The molecular weight excluding hydrogens is 250 g/mol. The third-order valence-corrected chi connectivity index (χ3v) is 5.39. The minimum atomic E-state index is -4.04. The molecule has 0 aromatic carbocycles. The Bertz CT molecular complexity index is 353. The maximum atomic E-state index is 11.5. The monoisotopic (exact) mass is 277 g/mol. The molecule has 0 saturated heterocycles. The average molecular weight is 277 g/mol. The van der Waals surface area contributed by atoms with Crippen molar-refractivity contribution in [1.29, 1.82) is 0 Å². The van der Waals surface area contributed by atoms with Gasteiger partial charge < -0.3 is 0 Å². The second-order valence-corrected chi connectivity index (χ2v) is 7.71. The van der Waals surface area contributed by atoms with Crippen LogP contribution in [0.4, 0.5) is 0 Å². The van der Waals surface area contributed by atoms with Gasteiger partial charge in [-0.2, -0.15) is 8.42 Å². The van der Waals surface area contributed by atoms with Crippen molar-refractivity contribution in [1.82, 2.24) is 5.32 Å². The van der Waals surface area contributed by atoms with Crippen molar-refractivity contribution in [3.63, 3.8) is 0 Å². The van der Waals surface area contributed by atoms with Crippen LogP contribution < -0.4 is 5.32 Å². The molecule has 0 aliphatic heterocycles. The van der Waals surface area contributed by atoms with E-state index in [2.05, 4.69) is 12.2 Å². The van der Waals surface area contributed by atoms with Gasteiger partial charge in [0.25, 0.3) is 10.1 Å². The van der Waals surface area contributed by atoms with Crippen molar-refractivity contribution in [3.8, 4) is 0 Å². The maximum absolute atomic E-state index is 11.5. The summed E-state index contributed by atoms with van der Waals surface area (Å²) in [6.45, 7) is 8.03. The van der Waals surface area contributed by atoms with Crippen LogP contribution in [0.2, 0.25) is 0 Å². The summed E-state index contributed by atoms with van der Waals surface area (Å²) in [5, 5.41) is 2.33. The number of rotatable bonds is 5. The number of hydrogen-bond donors (Lipinski definition) is 2. The third kappa shape index (κ3) is 4.52. The van der Waals surface area contributed by atoms with E-state index in [0.717, 1.165) is 19.3 Å². The van der Waals surface area contributed by atoms with Gasteiger partial charge in [0.05, 0.1) is 0 Å². The Balaban J connectivity index is 2.73. The molecule has 4 nitrogen and oxygen atoms in total. The Kier molecular flexibility index (Phi) is 5.62. The van der Waals surface area contributed by atoms with Crippen LogP contribution in [0.3, 0.4) is 0 Å². The molecule has 108 valence electrons. The Labute approximate surface area is 111 Å². The lowest BCUT2D eigenvalue weighted by Gasteiger charge is -2.33. The van der Waals surface area contributed by atoms with Gasteiger partial charge in [-0.25, -0.2) is 0 Å². The number of hydrogen-bond acceptors (Lipinski definition) is 3. The fourth-order valence-corrected chi connectivity index (χ4v) is 3.90. The van der Waals surface area contributed by atoms with E-state index in [-0.39, 0.29) is 17.9 Å². The standard InChI is InChI=1S/C13H27NO3S/c1-9(2)11(4)13(18(15,16)17)14-12-7-5-6-10(3)8-12/h9-14H,5-8H2,1-4H3,(H,15,16,17). The van der Waals surface area contributed by atoms with Gasteiger partial charge in [-0.05, 0) is 30.6 Å². The van der Waals surface area contributed by atoms with Crippen molar-refractivity contribution in [2.75, 3.05) is 0 Å². The van der Waals surface area contributed by atoms with Crippen molar-refractivity contribution >= 4 is 10.1 Å². The third-order valence-electron chi connectivity index (χ3n) is 4.19. The zero-order chi connectivity index (χ0) is 13.9. The summed E-state index contributed by atoms with van der Waals surface area (Å²) in [5.41, 5.74) is 0. The first-order valence-corrected chi connectivity index (χ1v) is 8.44. The van der Waals surface area contributed by atoms with E-state index in [1.54, 1.807) is 0 Å². The smallest absolute Gasteiger partial charge is 0.281 e. The summed E-state index contributed by atoms with van der Waals surface area (Å²) in [7, 11) is -4.04. The molecule has 0 aromatic heterocycles. The summed E-state index contributed by atoms with van der Waals surface area (Å²) in [6, 6.07) is 0.210. The van der Waals surface area contributed by atoms with E-state index in [1.165, 1.54) is 6.42 Å². The molecule has 2 N–H and O–H groups in total. The molecule has 1 saturated carbocycles. The maximum Gasteiger partial charge on any atom is 0.281 e. The van der Waals surface area contributed by atoms with Crippen molar-refractivity contribution in [3.05, 3.63) is 0 Å². The van der Waals surface area contributed by atoms with Crippen LogP contribution in [-0.4, -0.2) is 24.4 Å². The molecule has 1 rings (SSSR count). The lowest BCUT2D eigenvalue weighted by atomic mass is 9.86. The molecule has 4 atom stereocenters. The lowest BCUT2D eigenvalue weighted by Crippen LogP contribution is -2.49. The van der Waals surface area contributed by atoms with Gasteiger partial charge in [0.1, 0.15) is 5.37 Å². The molecular formula is C13H27NO3S. The molecule has 0 aromatic rings. The largest absolute Gasteiger partial charge is 0.296 e. The molecule has 18 heavy (non-hydrogen) atoms. The Morgan fingerprint density at radius 2 is 1.83 bits per heavy atom.